The average molecular weight is 283 g/mol. The molecule has 1 aromatic heterocycles. The first-order valence-electron chi connectivity index (χ1n) is 7.75. The number of piperazine rings is 1. The fourth-order valence-corrected chi connectivity index (χ4v) is 3.78. The highest BCUT2D eigenvalue weighted by Crippen LogP contribution is 2.31. The number of fused-ring (bicyclic) bond motifs is 2. The van der Waals surface area contributed by atoms with Gasteiger partial charge in [0.25, 0.3) is 0 Å². The van der Waals surface area contributed by atoms with Crippen LogP contribution in [0.2, 0.25) is 0 Å². The van der Waals surface area contributed by atoms with Gasteiger partial charge in [-0.2, -0.15) is 4.98 Å². The Labute approximate surface area is 124 Å². The summed E-state index contributed by atoms with van der Waals surface area (Å²) in [5, 5.41) is 1.10. The van der Waals surface area contributed by atoms with Crippen molar-refractivity contribution in [3.05, 3.63) is 24.3 Å². The van der Waals surface area contributed by atoms with Crippen molar-refractivity contribution >= 4 is 22.7 Å². The SMILES string of the molecule is CC1CN2CCCC2CN1c1nc(N)nc2ccccc12. The van der Waals surface area contributed by atoms with Gasteiger partial charge in [0.15, 0.2) is 0 Å². The number of benzene rings is 1. The number of nitrogens with zero attached hydrogens (tertiary/aromatic N) is 4. The summed E-state index contributed by atoms with van der Waals surface area (Å²) < 4.78 is 0. The van der Waals surface area contributed by atoms with Crippen LogP contribution in [0.5, 0.6) is 0 Å². The van der Waals surface area contributed by atoms with Crippen LogP contribution in [0.15, 0.2) is 24.3 Å². The lowest BCUT2D eigenvalue weighted by Gasteiger charge is -2.43. The van der Waals surface area contributed by atoms with E-state index in [1.54, 1.807) is 0 Å². The lowest BCUT2D eigenvalue weighted by Crippen LogP contribution is -2.55. The van der Waals surface area contributed by atoms with Crippen molar-refractivity contribution in [2.45, 2.75) is 31.8 Å². The molecular weight excluding hydrogens is 262 g/mol. The third kappa shape index (κ3) is 2.12. The molecule has 4 rings (SSSR count). The molecule has 2 N–H and O–H groups in total. The first-order valence-corrected chi connectivity index (χ1v) is 7.75. The predicted octanol–water partition coefficient (Wildman–Crippen LogP) is 1.88. The highest BCUT2D eigenvalue weighted by Gasteiger charge is 2.35. The Bertz CT molecular complexity index is 671. The van der Waals surface area contributed by atoms with E-state index in [1.807, 2.05) is 18.2 Å². The summed E-state index contributed by atoms with van der Waals surface area (Å²) in [6.07, 6.45) is 2.61. The maximum absolute atomic E-state index is 5.92. The second-order valence-corrected chi connectivity index (χ2v) is 6.21. The summed E-state index contributed by atoms with van der Waals surface area (Å²) in [6, 6.07) is 9.26. The molecule has 5 heteroatoms. The van der Waals surface area contributed by atoms with E-state index in [2.05, 4.69) is 32.8 Å². The zero-order valence-corrected chi connectivity index (χ0v) is 12.4. The van der Waals surface area contributed by atoms with Gasteiger partial charge in [-0.15, -0.1) is 0 Å². The summed E-state index contributed by atoms with van der Waals surface area (Å²) in [5.41, 5.74) is 6.86. The first kappa shape index (κ1) is 12.8. The van der Waals surface area contributed by atoms with Gasteiger partial charge >= 0.3 is 0 Å². The molecule has 0 amide bonds. The van der Waals surface area contributed by atoms with E-state index in [9.17, 15) is 0 Å². The molecule has 5 nitrogen and oxygen atoms in total. The van der Waals surface area contributed by atoms with Gasteiger partial charge in [0.05, 0.1) is 5.52 Å². The van der Waals surface area contributed by atoms with Crippen LogP contribution in [0.25, 0.3) is 10.9 Å². The Morgan fingerprint density at radius 3 is 2.95 bits per heavy atom. The number of nitrogens with two attached hydrogens (primary N) is 1. The second-order valence-electron chi connectivity index (χ2n) is 6.21. The number of para-hydroxylation sites is 1. The molecule has 2 unspecified atom stereocenters. The minimum atomic E-state index is 0.366. The van der Waals surface area contributed by atoms with Crippen LogP contribution in [0.4, 0.5) is 11.8 Å². The first-order chi connectivity index (χ1) is 10.2. The number of rotatable bonds is 1. The van der Waals surface area contributed by atoms with E-state index in [4.69, 9.17) is 5.73 Å². The number of aromatic nitrogens is 2. The lowest BCUT2D eigenvalue weighted by atomic mass is 10.1. The Hall–Kier alpha value is -1.88. The standard InChI is InChI=1S/C16H21N5/c1-11-9-20-8-4-5-12(20)10-21(11)15-13-6-2-3-7-14(13)18-16(17)19-15/h2-3,6-7,11-12H,4-5,8-10H2,1H3,(H2,17,18,19). The molecule has 21 heavy (non-hydrogen) atoms. The van der Waals surface area contributed by atoms with Gasteiger partial charge in [-0.1, -0.05) is 12.1 Å². The van der Waals surface area contributed by atoms with Crippen LogP contribution in [0, 0.1) is 0 Å². The number of hydrogen-bond acceptors (Lipinski definition) is 5. The maximum atomic E-state index is 5.92. The molecule has 2 saturated heterocycles. The van der Waals surface area contributed by atoms with E-state index in [0.717, 1.165) is 29.8 Å². The summed E-state index contributed by atoms with van der Waals surface area (Å²) >= 11 is 0. The monoisotopic (exact) mass is 283 g/mol. The number of nitrogen functional groups attached to an aromatic ring is 1. The molecule has 2 aliphatic heterocycles. The zero-order valence-electron chi connectivity index (χ0n) is 12.4. The molecule has 2 aliphatic rings. The van der Waals surface area contributed by atoms with Crippen LogP contribution in [0.1, 0.15) is 19.8 Å². The van der Waals surface area contributed by atoms with Gasteiger partial charge in [-0.25, -0.2) is 4.98 Å². The summed E-state index contributed by atoms with van der Waals surface area (Å²) in [4.78, 5) is 14.0. The minimum Gasteiger partial charge on any atom is -0.368 e. The van der Waals surface area contributed by atoms with Crippen LogP contribution in [-0.4, -0.2) is 46.6 Å². The molecule has 2 fully saturated rings. The lowest BCUT2D eigenvalue weighted by molar-refractivity contribution is 0.202. The van der Waals surface area contributed by atoms with Crippen molar-refractivity contribution in [2.75, 3.05) is 30.3 Å². The van der Waals surface area contributed by atoms with Gasteiger partial charge in [0.2, 0.25) is 5.95 Å². The fourth-order valence-electron chi connectivity index (χ4n) is 3.78. The second kappa shape index (κ2) is 4.84. The van der Waals surface area contributed by atoms with E-state index in [1.165, 1.54) is 19.4 Å². The quantitative estimate of drug-likeness (QED) is 0.866. The molecule has 0 bridgehead atoms. The Kier molecular flexibility index (Phi) is 2.96. The van der Waals surface area contributed by atoms with Crippen LogP contribution >= 0.6 is 0 Å². The van der Waals surface area contributed by atoms with Crippen molar-refractivity contribution in [1.82, 2.24) is 14.9 Å². The number of hydrogen-bond donors (Lipinski definition) is 1. The van der Waals surface area contributed by atoms with Gasteiger partial charge < -0.3 is 10.6 Å². The van der Waals surface area contributed by atoms with Crippen molar-refractivity contribution in [3.63, 3.8) is 0 Å². The molecule has 3 heterocycles. The molecule has 1 aromatic carbocycles. The largest absolute Gasteiger partial charge is 0.368 e. The summed E-state index contributed by atoms with van der Waals surface area (Å²) in [6.45, 7) is 5.68. The molecule has 110 valence electrons. The van der Waals surface area contributed by atoms with Gasteiger partial charge in [-0.05, 0) is 38.4 Å². The highest BCUT2D eigenvalue weighted by molar-refractivity contribution is 5.90. The minimum absolute atomic E-state index is 0.366. The Morgan fingerprint density at radius 1 is 1.19 bits per heavy atom. The van der Waals surface area contributed by atoms with Crippen LogP contribution in [-0.2, 0) is 0 Å². The van der Waals surface area contributed by atoms with Crippen LogP contribution in [0.3, 0.4) is 0 Å². The molecular formula is C16H21N5. The smallest absolute Gasteiger partial charge is 0.222 e. The summed E-state index contributed by atoms with van der Waals surface area (Å²) in [7, 11) is 0. The Balaban J connectivity index is 1.78. The summed E-state index contributed by atoms with van der Waals surface area (Å²) in [5.74, 6) is 1.36. The van der Waals surface area contributed by atoms with Gasteiger partial charge in [-0.3, -0.25) is 4.90 Å². The zero-order chi connectivity index (χ0) is 14.4. The van der Waals surface area contributed by atoms with Gasteiger partial charge in [0, 0.05) is 30.6 Å². The normalized spacial score (nSPS) is 26.2. The molecule has 0 aliphatic carbocycles. The van der Waals surface area contributed by atoms with Crippen LogP contribution < -0.4 is 10.6 Å². The maximum Gasteiger partial charge on any atom is 0.222 e. The van der Waals surface area contributed by atoms with Crippen molar-refractivity contribution < 1.29 is 0 Å². The third-order valence-corrected chi connectivity index (χ3v) is 4.81. The average Bonchev–Trinajstić information content (AvgIpc) is 2.92. The fraction of sp³-hybridized carbons (Fsp3) is 0.500. The predicted molar refractivity (Wildman–Crippen MR) is 85.4 cm³/mol. The Morgan fingerprint density at radius 2 is 2.05 bits per heavy atom. The number of anilines is 2. The van der Waals surface area contributed by atoms with Crippen molar-refractivity contribution in [1.29, 1.82) is 0 Å². The third-order valence-electron chi connectivity index (χ3n) is 4.81. The topological polar surface area (TPSA) is 58.3 Å². The highest BCUT2D eigenvalue weighted by atomic mass is 15.3. The molecule has 0 saturated carbocycles. The van der Waals surface area contributed by atoms with E-state index in [0.29, 0.717) is 18.0 Å². The molecule has 0 radical (unpaired) electrons. The molecule has 0 spiro atoms. The van der Waals surface area contributed by atoms with E-state index >= 15 is 0 Å². The van der Waals surface area contributed by atoms with Gasteiger partial charge in [0.1, 0.15) is 5.82 Å². The molecule has 2 atom stereocenters. The van der Waals surface area contributed by atoms with E-state index < -0.39 is 0 Å². The van der Waals surface area contributed by atoms with E-state index in [-0.39, 0.29) is 0 Å². The van der Waals surface area contributed by atoms with Crippen molar-refractivity contribution in [2.24, 2.45) is 0 Å². The van der Waals surface area contributed by atoms with Crippen molar-refractivity contribution in [3.8, 4) is 0 Å². The molecule has 2 aromatic rings.